The van der Waals surface area contributed by atoms with Gasteiger partial charge >= 0.3 is 19.8 Å². The summed E-state index contributed by atoms with van der Waals surface area (Å²) in [5, 5.41) is 0. The molecule has 0 radical (unpaired) electrons. The number of unbranched alkanes of at least 4 members (excludes halogenated alkanes) is 39. The molecule has 3 N–H and O–H groups in total. The van der Waals surface area contributed by atoms with Crippen LogP contribution in [0.5, 0.6) is 0 Å². The minimum atomic E-state index is -4.40. The Hall–Kier alpha value is -2.81. The molecule has 0 saturated heterocycles. The Labute approximate surface area is 513 Å². The molecule has 0 amide bonds. The quantitative estimate of drug-likeness (QED) is 0.0264. The van der Waals surface area contributed by atoms with Gasteiger partial charge in [-0.05, 0) is 89.9 Å². The van der Waals surface area contributed by atoms with E-state index in [4.69, 9.17) is 24.3 Å². The fourth-order valence-electron chi connectivity index (χ4n) is 10.1. The maximum atomic E-state index is 12.8. The van der Waals surface area contributed by atoms with Crippen molar-refractivity contribution in [2.45, 2.75) is 341 Å². The molecule has 0 aliphatic heterocycles. The fourth-order valence-corrected chi connectivity index (χ4v) is 10.9. The van der Waals surface area contributed by atoms with E-state index in [1.807, 2.05) is 0 Å². The standard InChI is InChI=1S/C73H132NO8P/c1-3-5-7-9-11-13-15-17-19-21-23-25-27-29-31-32-33-34-35-36-37-38-40-41-43-45-47-49-51-53-55-57-59-61-63-65-72(75)79-69-71(70-81-83(77,78)80-68-67-74)82-73(76)66-64-62-60-58-56-54-52-50-48-46-44-42-39-30-28-26-24-22-20-18-16-14-12-10-8-6-4-2/h6,8,12,14-15,17-18,20-21,23-24,26,30,39,71H,3-5,7,9-11,13,16,19,22,25,27-29,31-38,40-70,74H2,1-2H3,(H,77,78)/b8-6-,14-12-,17-15-,20-18-,23-21-,26-24-,39-30-. The number of hydrogen-bond acceptors (Lipinski definition) is 8. The summed E-state index contributed by atoms with van der Waals surface area (Å²) in [6, 6.07) is 0. The molecule has 482 valence electrons. The van der Waals surface area contributed by atoms with Crippen molar-refractivity contribution in [3.8, 4) is 0 Å². The molecule has 0 aliphatic rings. The molecule has 0 heterocycles. The molecule has 0 spiro atoms. The highest BCUT2D eigenvalue weighted by Crippen LogP contribution is 2.43. The van der Waals surface area contributed by atoms with Crippen molar-refractivity contribution in [1.29, 1.82) is 0 Å². The lowest BCUT2D eigenvalue weighted by atomic mass is 10.0. The van der Waals surface area contributed by atoms with Crippen molar-refractivity contribution in [1.82, 2.24) is 0 Å². The summed E-state index contributed by atoms with van der Waals surface area (Å²) >= 11 is 0. The van der Waals surface area contributed by atoms with Gasteiger partial charge in [-0.3, -0.25) is 18.6 Å². The molecule has 0 rings (SSSR count). The Morgan fingerprint density at radius 3 is 0.988 bits per heavy atom. The molecule has 10 heteroatoms. The summed E-state index contributed by atoms with van der Waals surface area (Å²) in [5.41, 5.74) is 5.40. The van der Waals surface area contributed by atoms with Crippen LogP contribution >= 0.6 is 7.82 Å². The molecule has 83 heavy (non-hydrogen) atoms. The lowest BCUT2D eigenvalue weighted by molar-refractivity contribution is -0.161. The van der Waals surface area contributed by atoms with Crippen LogP contribution < -0.4 is 5.73 Å². The number of carbonyl (C=O) groups is 2. The van der Waals surface area contributed by atoms with E-state index in [1.165, 1.54) is 218 Å². The van der Waals surface area contributed by atoms with Gasteiger partial charge in [-0.2, -0.15) is 0 Å². The van der Waals surface area contributed by atoms with Crippen LogP contribution in [-0.2, 0) is 32.7 Å². The highest BCUT2D eigenvalue weighted by atomic mass is 31.2. The van der Waals surface area contributed by atoms with Crippen molar-refractivity contribution in [2.24, 2.45) is 5.73 Å². The largest absolute Gasteiger partial charge is 0.472 e. The van der Waals surface area contributed by atoms with E-state index in [0.29, 0.717) is 6.42 Å². The van der Waals surface area contributed by atoms with Crippen LogP contribution in [-0.4, -0.2) is 49.3 Å². The fraction of sp³-hybridized carbons (Fsp3) is 0.781. The van der Waals surface area contributed by atoms with Crippen LogP contribution in [0.4, 0.5) is 0 Å². The normalized spacial score (nSPS) is 13.4. The predicted octanol–water partition coefficient (Wildman–Crippen LogP) is 23.0. The monoisotopic (exact) mass is 1180 g/mol. The van der Waals surface area contributed by atoms with Crippen LogP contribution in [0.25, 0.3) is 0 Å². The first kappa shape index (κ1) is 80.2. The highest BCUT2D eigenvalue weighted by molar-refractivity contribution is 7.47. The van der Waals surface area contributed by atoms with Crippen molar-refractivity contribution in [3.63, 3.8) is 0 Å². The van der Waals surface area contributed by atoms with Crippen LogP contribution in [0.15, 0.2) is 85.1 Å². The number of nitrogens with two attached hydrogens (primary N) is 1. The Morgan fingerprint density at radius 1 is 0.373 bits per heavy atom. The van der Waals surface area contributed by atoms with Gasteiger partial charge in [-0.25, -0.2) is 4.57 Å². The van der Waals surface area contributed by atoms with Gasteiger partial charge in [-0.1, -0.05) is 317 Å². The van der Waals surface area contributed by atoms with Crippen molar-refractivity contribution in [3.05, 3.63) is 85.1 Å². The molecule has 0 fully saturated rings. The molecule has 0 saturated carbocycles. The van der Waals surface area contributed by atoms with Crippen LogP contribution in [0, 0.1) is 0 Å². The van der Waals surface area contributed by atoms with E-state index in [1.54, 1.807) is 0 Å². The Morgan fingerprint density at radius 2 is 0.663 bits per heavy atom. The maximum Gasteiger partial charge on any atom is 0.472 e. The van der Waals surface area contributed by atoms with Gasteiger partial charge < -0.3 is 20.1 Å². The summed E-state index contributed by atoms with van der Waals surface area (Å²) in [6.07, 6.45) is 91.1. The van der Waals surface area contributed by atoms with Gasteiger partial charge in [0, 0.05) is 19.4 Å². The Balaban J connectivity index is 3.84. The van der Waals surface area contributed by atoms with E-state index in [-0.39, 0.29) is 38.6 Å². The third-order valence-electron chi connectivity index (χ3n) is 15.3. The molecular weight excluding hydrogens is 1050 g/mol. The summed E-state index contributed by atoms with van der Waals surface area (Å²) in [6.45, 7) is 3.66. The third-order valence-corrected chi connectivity index (χ3v) is 16.2. The predicted molar refractivity (Wildman–Crippen MR) is 358 cm³/mol. The number of phosphoric acid groups is 1. The highest BCUT2D eigenvalue weighted by Gasteiger charge is 2.26. The Bertz CT molecular complexity index is 1640. The van der Waals surface area contributed by atoms with Gasteiger partial charge in [0.25, 0.3) is 0 Å². The van der Waals surface area contributed by atoms with Gasteiger partial charge in [0.05, 0.1) is 13.2 Å². The second kappa shape index (κ2) is 68.3. The molecule has 2 unspecified atom stereocenters. The average Bonchev–Trinajstić information content (AvgIpc) is 3.48. The third kappa shape index (κ3) is 68.2. The van der Waals surface area contributed by atoms with Crippen molar-refractivity contribution >= 4 is 19.8 Å². The number of esters is 2. The first-order valence-corrected chi connectivity index (χ1v) is 36.6. The summed E-state index contributed by atoms with van der Waals surface area (Å²) < 4.78 is 33.2. The summed E-state index contributed by atoms with van der Waals surface area (Å²) in [7, 11) is -4.40. The molecule has 0 aromatic rings. The lowest BCUT2D eigenvalue weighted by Gasteiger charge is -2.19. The second-order valence-electron chi connectivity index (χ2n) is 23.4. The number of rotatable bonds is 66. The summed E-state index contributed by atoms with van der Waals surface area (Å²) in [5.74, 6) is -0.820. The van der Waals surface area contributed by atoms with Crippen LogP contribution in [0.3, 0.4) is 0 Å². The van der Waals surface area contributed by atoms with Crippen LogP contribution in [0.2, 0.25) is 0 Å². The van der Waals surface area contributed by atoms with E-state index in [2.05, 4.69) is 98.9 Å². The van der Waals surface area contributed by atoms with Crippen molar-refractivity contribution in [2.75, 3.05) is 26.4 Å². The zero-order chi connectivity index (χ0) is 60.1. The number of allylic oxidation sites excluding steroid dienone is 14. The van der Waals surface area contributed by atoms with Crippen LogP contribution in [0.1, 0.15) is 335 Å². The molecule has 0 aliphatic carbocycles. The molecular formula is C73H132NO8P. The second-order valence-corrected chi connectivity index (χ2v) is 24.8. The van der Waals surface area contributed by atoms with Gasteiger partial charge in [-0.15, -0.1) is 0 Å². The first-order valence-electron chi connectivity index (χ1n) is 35.1. The molecule has 0 aromatic heterocycles. The van der Waals surface area contributed by atoms with E-state index >= 15 is 0 Å². The molecule has 0 bridgehead atoms. The minimum absolute atomic E-state index is 0.0514. The smallest absolute Gasteiger partial charge is 0.462 e. The average molecular weight is 1180 g/mol. The van der Waals surface area contributed by atoms with Gasteiger partial charge in [0.1, 0.15) is 6.61 Å². The first-order chi connectivity index (χ1) is 40.8. The zero-order valence-corrected chi connectivity index (χ0v) is 55.1. The van der Waals surface area contributed by atoms with E-state index in [0.717, 1.165) is 83.5 Å². The van der Waals surface area contributed by atoms with E-state index in [9.17, 15) is 19.0 Å². The molecule has 0 aromatic carbocycles. The number of phosphoric ester groups is 1. The lowest BCUT2D eigenvalue weighted by Crippen LogP contribution is -2.29. The van der Waals surface area contributed by atoms with Crippen molar-refractivity contribution < 1.29 is 37.6 Å². The SMILES string of the molecule is CC/C=C\C/C=C\C/C=C\C/C=C\C/C=C\CCCCCCCCCCCCCC(=O)OC(COC(=O)CCCCCCCCCCCCCCCCCCCCCCCCC/C=C\C/C=C\CCCCCCC)COP(=O)(O)OCCN. The molecule has 9 nitrogen and oxygen atoms in total. The summed E-state index contributed by atoms with van der Waals surface area (Å²) in [4.78, 5) is 35.4. The number of ether oxygens (including phenoxy) is 2. The van der Waals surface area contributed by atoms with Gasteiger partial charge in [0.15, 0.2) is 6.10 Å². The Kier molecular flexibility index (Phi) is 66.0. The number of carbonyl (C=O) groups excluding carboxylic acids is 2. The number of hydrogen-bond donors (Lipinski definition) is 2. The maximum absolute atomic E-state index is 12.8. The van der Waals surface area contributed by atoms with Gasteiger partial charge in [0.2, 0.25) is 0 Å². The molecule has 2 atom stereocenters. The van der Waals surface area contributed by atoms with E-state index < -0.39 is 26.5 Å². The topological polar surface area (TPSA) is 134 Å². The zero-order valence-electron chi connectivity index (χ0n) is 54.2. The minimum Gasteiger partial charge on any atom is -0.462 e.